The minimum absolute atomic E-state index is 0.146. The van der Waals surface area contributed by atoms with Crippen molar-refractivity contribution >= 4 is 5.91 Å². The summed E-state index contributed by atoms with van der Waals surface area (Å²) in [7, 11) is 1.67. The molecule has 0 aliphatic heterocycles. The Hall–Kier alpha value is -0.570. The lowest BCUT2D eigenvalue weighted by Gasteiger charge is -2.05. The van der Waals surface area contributed by atoms with Gasteiger partial charge in [0, 0.05) is 19.0 Å². The summed E-state index contributed by atoms with van der Waals surface area (Å²) >= 11 is 0. The Kier molecular flexibility index (Phi) is 2.27. The van der Waals surface area contributed by atoms with E-state index >= 15 is 0 Å². The smallest absolute Gasteiger partial charge is 0.222 e. The first-order chi connectivity index (χ1) is 4.74. The van der Waals surface area contributed by atoms with E-state index in [1.165, 1.54) is 0 Å². The Morgan fingerprint density at radius 1 is 1.60 bits per heavy atom. The summed E-state index contributed by atoms with van der Waals surface area (Å²) in [5, 5.41) is 2.63. The molecule has 1 saturated carbocycles. The van der Waals surface area contributed by atoms with Gasteiger partial charge in [0.15, 0.2) is 0 Å². The van der Waals surface area contributed by atoms with E-state index in [4.69, 9.17) is 5.73 Å². The molecule has 0 spiro atoms. The molecule has 10 heavy (non-hydrogen) atoms. The van der Waals surface area contributed by atoms with Gasteiger partial charge in [-0.3, -0.25) is 4.79 Å². The van der Waals surface area contributed by atoms with Crippen molar-refractivity contribution < 1.29 is 4.79 Å². The lowest BCUT2D eigenvalue weighted by molar-refractivity contribution is -0.124. The Morgan fingerprint density at radius 3 is 2.70 bits per heavy atom. The van der Waals surface area contributed by atoms with Gasteiger partial charge in [-0.25, -0.2) is 0 Å². The van der Waals surface area contributed by atoms with Crippen LogP contribution in [0.4, 0.5) is 0 Å². The van der Waals surface area contributed by atoms with Gasteiger partial charge < -0.3 is 11.1 Å². The summed E-state index contributed by atoms with van der Waals surface area (Å²) < 4.78 is 0. The minimum Gasteiger partial charge on any atom is -0.359 e. The first-order valence-electron chi connectivity index (χ1n) is 3.71. The highest BCUT2D eigenvalue weighted by atomic mass is 16.1. The minimum atomic E-state index is 0.146. The van der Waals surface area contributed by atoms with Crippen molar-refractivity contribution in [2.45, 2.75) is 25.3 Å². The van der Waals surface area contributed by atoms with Crippen LogP contribution in [0.15, 0.2) is 0 Å². The zero-order valence-electron chi connectivity index (χ0n) is 6.26. The average molecular weight is 142 g/mol. The highest BCUT2D eigenvalue weighted by molar-refractivity contribution is 5.78. The summed E-state index contributed by atoms with van der Waals surface area (Å²) in [6.45, 7) is 0. The van der Waals surface area contributed by atoms with Crippen LogP contribution in [0.5, 0.6) is 0 Å². The third-order valence-electron chi connectivity index (χ3n) is 2.09. The fourth-order valence-electron chi connectivity index (χ4n) is 1.46. The maximum absolute atomic E-state index is 11.0. The van der Waals surface area contributed by atoms with Gasteiger partial charge in [-0.05, 0) is 19.3 Å². The van der Waals surface area contributed by atoms with Crippen molar-refractivity contribution in [2.75, 3.05) is 7.05 Å². The van der Waals surface area contributed by atoms with E-state index in [1.54, 1.807) is 7.05 Å². The lowest BCUT2D eigenvalue weighted by Crippen LogP contribution is -2.26. The molecule has 1 amide bonds. The van der Waals surface area contributed by atoms with E-state index in [-0.39, 0.29) is 17.9 Å². The second-order valence-corrected chi connectivity index (χ2v) is 2.88. The molecular weight excluding hydrogens is 128 g/mol. The zero-order chi connectivity index (χ0) is 7.56. The molecule has 3 nitrogen and oxygen atoms in total. The molecule has 3 N–H and O–H groups in total. The van der Waals surface area contributed by atoms with E-state index in [0.717, 1.165) is 19.3 Å². The van der Waals surface area contributed by atoms with Crippen molar-refractivity contribution in [3.63, 3.8) is 0 Å². The number of carbonyl (C=O) groups excluding carboxylic acids is 1. The first-order valence-corrected chi connectivity index (χ1v) is 3.71. The van der Waals surface area contributed by atoms with Crippen molar-refractivity contribution in [1.82, 2.24) is 5.32 Å². The number of nitrogens with two attached hydrogens (primary N) is 1. The summed E-state index contributed by atoms with van der Waals surface area (Å²) in [4.78, 5) is 11.0. The monoisotopic (exact) mass is 142 g/mol. The topological polar surface area (TPSA) is 55.1 Å². The van der Waals surface area contributed by atoms with Crippen LogP contribution >= 0.6 is 0 Å². The predicted octanol–water partition coefficient (Wildman–Crippen LogP) is -0.140. The van der Waals surface area contributed by atoms with E-state index in [9.17, 15) is 4.79 Å². The second-order valence-electron chi connectivity index (χ2n) is 2.88. The molecule has 58 valence electrons. The highest BCUT2D eigenvalue weighted by Crippen LogP contribution is 2.23. The molecule has 3 heteroatoms. The third-order valence-corrected chi connectivity index (χ3v) is 2.09. The fraction of sp³-hybridized carbons (Fsp3) is 0.857. The number of amides is 1. The van der Waals surface area contributed by atoms with Gasteiger partial charge in [0.1, 0.15) is 0 Å². The predicted molar refractivity (Wildman–Crippen MR) is 39.4 cm³/mol. The van der Waals surface area contributed by atoms with Crippen LogP contribution < -0.4 is 11.1 Å². The molecule has 0 radical (unpaired) electrons. The molecule has 0 heterocycles. The number of hydrogen-bond donors (Lipinski definition) is 2. The Morgan fingerprint density at radius 2 is 2.30 bits per heavy atom. The quantitative estimate of drug-likeness (QED) is 0.535. The normalized spacial score (nSPS) is 32.2. The van der Waals surface area contributed by atoms with Gasteiger partial charge in [0.2, 0.25) is 5.91 Å². The number of rotatable bonds is 1. The van der Waals surface area contributed by atoms with Gasteiger partial charge in [0.05, 0.1) is 0 Å². The highest BCUT2D eigenvalue weighted by Gasteiger charge is 2.26. The Labute approximate surface area is 61.0 Å². The Balaban J connectivity index is 2.37. The molecule has 0 aromatic carbocycles. The summed E-state index contributed by atoms with van der Waals surface area (Å²) in [5.41, 5.74) is 5.64. The molecule has 0 unspecified atom stereocenters. The SMILES string of the molecule is CNC(=O)[C@H]1CC[C@@H](N)C1. The largest absolute Gasteiger partial charge is 0.359 e. The number of carbonyl (C=O) groups is 1. The summed E-state index contributed by atoms with van der Waals surface area (Å²) in [6, 6.07) is 0.252. The molecular formula is C7H14N2O. The van der Waals surface area contributed by atoms with Crippen molar-refractivity contribution in [1.29, 1.82) is 0 Å². The first kappa shape index (κ1) is 7.54. The van der Waals surface area contributed by atoms with Crippen LogP contribution in [0.25, 0.3) is 0 Å². The summed E-state index contributed by atoms with van der Waals surface area (Å²) in [5.74, 6) is 0.327. The van der Waals surface area contributed by atoms with Crippen molar-refractivity contribution in [3.8, 4) is 0 Å². The molecule has 0 aromatic rings. The maximum atomic E-state index is 11.0. The molecule has 0 aromatic heterocycles. The lowest BCUT2D eigenvalue weighted by atomic mass is 10.1. The molecule has 1 fully saturated rings. The van der Waals surface area contributed by atoms with Crippen LogP contribution in [-0.4, -0.2) is 19.0 Å². The maximum Gasteiger partial charge on any atom is 0.222 e. The number of nitrogens with one attached hydrogen (secondary N) is 1. The fourth-order valence-corrected chi connectivity index (χ4v) is 1.46. The van der Waals surface area contributed by atoms with Gasteiger partial charge in [-0.2, -0.15) is 0 Å². The molecule has 2 atom stereocenters. The van der Waals surface area contributed by atoms with E-state index in [1.807, 2.05) is 0 Å². The van der Waals surface area contributed by atoms with Crippen molar-refractivity contribution in [2.24, 2.45) is 11.7 Å². The molecule has 0 saturated heterocycles. The zero-order valence-corrected chi connectivity index (χ0v) is 6.26. The van der Waals surface area contributed by atoms with E-state index in [2.05, 4.69) is 5.32 Å². The third kappa shape index (κ3) is 1.48. The van der Waals surface area contributed by atoms with E-state index < -0.39 is 0 Å². The van der Waals surface area contributed by atoms with Crippen LogP contribution in [0.2, 0.25) is 0 Å². The van der Waals surface area contributed by atoms with E-state index in [0.29, 0.717) is 0 Å². The second kappa shape index (κ2) is 3.01. The molecule has 1 aliphatic carbocycles. The van der Waals surface area contributed by atoms with Crippen LogP contribution in [0.1, 0.15) is 19.3 Å². The average Bonchev–Trinajstić information content (AvgIpc) is 2.34. The van der Waals surface area contributed by atoms with Crippen molar-refractivity contribution in [3.05, 3.63) is 0 Å². The van der Waals surface area contributed by atoms with Crippen LogP contribution in [0.3, 0.4) is 0 Å². The molecule has 0 bridgehead atoms. The summed E-state index contributed by atoms with van der Waals surface area (Å²) in [6.07, 6.45) is 2.82. The van der Waals surface area contributed by atoms with Gasteiger partial charge in [0.25, 0.3) is 0 Å². The molecule has 1 rings (SSSR count). The number of hydrogen-bond acceptors (Lipinski definition) is 2. The van der Waals surface area contributed by atoms with Gasteiger partial charge in [-0.1, -0.05) is 0 Å². The van der Waals surface area contributed by atoms with Crippen LogP contribution in [-0.2, 0) is 4.79 Å². The Bertz CT molecular complexity index is 136. The standard InChI is InChI=1S/C7H14N2O/c1-9-7(10)5-2-3-6(8)4-5/h5-6H,2-4,8H2,1H3,(H,9,10)/t5-,6+/m0/s1. The molecule has 1 aliphatic rings. The van der Waals surface area contributed by atoms with Crippen LogP contribution in [0, 0.1) is 5.92 Å². The van der Waals surface area contributed by atoms with Gasteiger partial charge in [-0.15, -0.1) is 0 Å². The van der Waals surface area contributed by atoms with Gasteiger partial charge >= 0.3 is 0 Å².